The van der Waals surface area contributed by atoms with Gasteiger partial charge in [0, 0.05) is 12.7 Å². The highest BCUT2D eigenvalue weighted by atomic mass is 16.5. The molecule has 5 nitrogen and oxygen atoms in total. The summed E-state index contributed by atoms with van der Waals surface area (Å²) in [7, 11) is 1.66. The van der Waals surface area contributed by atoms with Gasteiger partial charge in [0.25, 0.3) is 0 Å². The van der Waals surface area contributed by atoms with Crippen LogP contribution in [0.4, 0.5) is 5.69 Å². The van der Waals surface area contributed by atoms with Crippen LogP contribution in [0.15, 0.2) is 18.2 Å². The molecule has 0 radical (unpaired) electrons. The van der Waals surface area contributed by atoms with E-state index < -0.39 is 12.0 Å². The molecule has 0 saturated carbocycles. The third-order valence-electron chi connectivity index (χ3n) is 2.95. The highest BCUT2D eigenvalue weighted by Crippen LogP contribution is 2.23. The van der Waals surface area contributed by atoms with Crippen molar-refractivity contribution in [1.29, 1.82) is 0 Å². The van der Waals surface area contributed by atoms with E-state index in [0.29, 0.717) is 28.5 Å². The van der Waals surface area contributed by atoms with Crippen LogP contribution < -0.4 is 15.3 Å². The molecule has 0 bridgehead atoms. The Kier molecular flexibility index (Phi) is 3.08. The van der Waals surface area contributed by atoms with Gasteiger partial charge < -0.3 is 14.7 Å². The van der Waals surface area contributed by atoms with Crippen molar-refractivity contribution < 1.29 is 19.4 Å². The fourth-order valence-corrected chi connectivity index (χ4v) is 2.21. The highest BCUT2D eigenvalue weighted by Gasteiger charge is 2.36. The Morgan fingerprint density at radius 1 is 1.56 bits per heavy atom. The maximum Gasteiger partial charge on any atom is 0.334 e. The Balaban J connectivity index is 2.84. The second kappa shape index (κ2) is 4.55. The van der Waals surface area contributed by atoms with Gasteiger partial charge in [-0.3, -0.25) is 0 Å². The third-order valence-corrected chi connectivity index (χ3v) is 2.95. The highest BCUT2D eigenvalue weighted by molar-refractivity contribution is 5.92. The lowest BCUT2D eigenvalue weighted by Gasteiger charge is -2.21. The number of anilines is 1. The lowest BCUT2D eigenvalue weighted by atomic mass is 10.2. The van der Waals surface area contributed by atoms with Crippen molar-refractivity contribution in [3.63, 3.8) is 0 Å². The molecule has 18 heavy (non-hydrogen) atoms. The Labute approximate surface area is 104 Å². The summed E-state index contributed by atoms with van der Waals surface area (Å²) in [6, 6.07) is 4.17. The predicted molar refractivity (Wildman–Crippen MR) is 65.3 cm³/mol. The molecule has 1 N–H and O–H groups in total. The van der Waals surface area contributed by atoms with Gasteiger partial charge >= 0.3 is 5.97 Å². The zero-order valence-electron chi connectivity index (χ0n) is 10.1. The van der Waals surface area contributed by atoms with Crippen LogP contribution in [0.25, 0.3) is 5.76 Å². The van der Waals surface area contributed by atoms with Gasteiger partial charge in [0.1, 0.15) is 11.7 Å². The molecule has 0 aromatic heterocycles. The van der Waals surface area contributed by atoms with E-state index in [0.717, 1.165) is 0 Å². The lowest BCUT2D eigenvalue weighted by Crippen LogP contribution is -2.36. The Bertz CT molecular complexity index is 631. The summed E-state index contributed by atoms with van der Waals surface area (Å²) in [5.41, 5.74) is 0.673. The molecule has 1 heterocycles. The number of fused-ring (bicyclic) bond motifs is 1. The van der Waals surface area contributed by atoms with Crippen LogP contribution in [0.5, 0.6) is 0 Å². The molecule has 94 valence electrons. The second-order valence-corrected chi connectivity index (χ2v) is 3.95. The van der Waals surface area contributed by atoms with Crippen LogP contribution in [0.3, 0.4) is 0 Å². The fourth-order valence-electron chi connectivity index (χ4n) is 2.21. The molecule has 1 aromatic rings. The van der Waals surface area contributed by atoms with E-state index in [1.54, 1.807) is 37.1 Å². The van der Waals surface area contributed by atoms with Crippen LogP contribution in [0, 0.1) is 0 Å². The summed E-state index contributed by atoms with van der Waals surface area (Å²) in [6.45, 7) is 2.12. The maximum absolute atomic E-state index is 11.3. The lowest BCUT2D eigenvalue weighted by molar-refractivity contribution is -0.137. The molecule has 1 aliphatic heterocycles. The maximum atomic E-state index is 11.3. The number of aliphatic carboxylic acids is 1. The number of hydrogen-bond acceptors (Lipinski definition) is 4. The molecule has 0 aliphatic carbocycles. The molecule has 1 atom stereocenters. The van der Waals surface area contributed by atoms with E-state index in [9.17, 15) is 14.7 Å². The molecule has 1 aliphatic rings. The Morgan fingerprint density at radius 3 is 2.83 bits per heavy atom. The minimum atomic E-state index is -1.01. The van der Waals surface area contributed by atoms with Crippen molar-refractivity contribution in [2.45, 2.75) is 13.0 Å². The number of benzene rings is 1. The van der Waals surface area contributed by atoms with Crippen molar-refractivity contribution in [2.24, 2.45) is 0 Å². The third kappa shape index (κ3) is 1.65. The quantitative estimate of drug-likeness (QED) is 0.760. The SMILES string of the molecule is CCOC1=c2c(cccc2=C=O)N(C)C1C(=O)O. The molecular weight excluding hydrogens is 234 g/mol. The number of nitrogens with zero attached hydrogens (tertiary/aromatic N) is 1. The average molecular weight is 247 g/mol. The normalized spacial score (nSPS) is 17.3. The van der Waals surface area contributed by atoms with Crippen LogP contribution in [0.2, 0.25) is 0 Å². The first-order valence-corrected chi connectivity index (χ1v) is 5.58. The molecule has 2 rings (SSSR count). The van der Waals surface area contributed by atoms with Gasteiger partial charge in [-0.2, -0.15) is 0 Å². The molecule has 1 aromatic carbocycles. The first-order valence-electron chi connectivity index (χ1n) is 5.58. The van der Waals surface area contributed by atoms with E-state index in [4.69, 9.17) is 4.74 Å². The Hall–Kier alpha value is -2.26. The number of rotatable bonds is 3. The van der Waals surface area contributed by atoms with Crippen molar-refractivity contribution >= 4 is 23.4 Å². The minimum Gasteiger partial charge on any atom is -0.495 e. The summed E-state index contributed by atoms with van der Waals surface area (Å²) in [5, 5.41) is 10.1. The van der Waals surface area contributed by atoms with Crippen molar-refractivity contribution in [1.82, 2.24) is 0 Å². The predicted octanol–water partition coefficient (Wildman–Crippen LogP) is -0.762. The van der Waals surface area contributed by atoms with Gasteiger partial charge in [-0.1, -0.05) is 6.07 Å². The molecule has 1 unspecified atom stereocenters. The van der Waals surface area contributed by atoms with Crippen LogP contribution >= 0.6 is 0 Å². The largest absolute Gasteiger partial charge is 0.495 e. The van der Waals surface area contributed by atoms with Gasteiger partial charge in [0.15, 0.2) is 6.04 Å². The van der Waals surface area contributed by atoms with Gasteiger partial charge in [-0.15, -0.1) is 0 Å². The zero-order chi connectivity index (χ0) is 13.3. The van der Waals surface area contributed by atoms with Crippen molar-refractivity contribution in [2.75, 3.05) is 18.6 Å². The molecular formula is C13H13NO4. The number of carboxylic acids is 1. The molecule has 0 fully saturated rings. The summed E-state index contributed by atoms with van der Waals surface area (Å²) in [4.78, 5) is 23.9. The first kappa shape index (κ1) is 12.2. The van der Waals surface area contributed by atoms with Crippen molar-refractivity contribution in [3.8, 4) is 0 Å². The van der Waals surface area contributed by atoms with Gasteiger partial charge in [0.05, 0.1) is 17.0 Å². The molecule has 5 heteroatoms. The first-order chi connectivity index (χ1) is 8.61. The topological polar surface area (TPSA) is 66.8 Å². The summed E-state index contributed by atoms with van der Waals surface area (Å²) in [5.74, 6) is 1.13. The molecule has 0 saturated heterocycles. The standard InChI is InChI=1S/C13H13NO4/c1-3-18-12-10-8(7-15)5-4-6-9(10)14(2)11(12)13(16)17/h4-6,11H,3H2,1-2H3,(H,16,17). The van der Waals surface area contributed by atoms with E-state index in [-0.39, 0.29) is 0 Å². The fraction of sp³-hybridized carbons (Fsp3) is 0.308. The van der Waals surface area contributed by atoms with E-state index in [1.807, 2.05) is 5.94 Å². The van der Waals surface area contributed by atoms with E-state index in [1.165, 1.54) is 0 Å². The summed E-state index contributed by atoms with van der Waals surface area (Å²) < 4.78 is 5.43. The number of carbonyl (C=O) groups excluding carboxylic acids is 1. The van der Waals surface area contributed by atoms with Crippen molar-refractivity contribution in [3.05, 3.63) is 28.6 Å². The zero-order valence-corrected chi connectivity index (χ0v) is 10.1. The van der Waals surface area contributed by atoms with Gasteiger partial charge in [-0.25, -0.2) is 9.59 Å². The average Bonchev–Trinajstić information content (AvgIpc) is 2.63. The second-order valence-electron chi connectivity index (χ2n) is 3.95. The number of carboxylic acid groups (broad SMARTS) is 1. The van der Waals surface area contributed by atoms with E-state index in [2.05, 4.69) is 0 Å². The van der Waals surface area contributed by atoms with E-state index >= 15 is 0 Å². The number of ether oxygens (including phenoxy) is 1. The minimum absolute atomic E-state index is 0.307. The summed E-state index contributed by atoms with van der Waals surface area (Å²) in [6.07, 6.45) is 0. The molecule has 0 spiro atoms. The van der Waals surface area contributed by atoms with Crippen LogP contribution in [0.1, 0.15) is 6.92 Å². The number of hydrogen-bond donors (Lipinski definition) is 1. The van der Waals surface area contributed by atoms with Gasteiger partial charge in [-0.05, 0) is 19.1 Å². The smallest absolute Gasteiger partial charge is 0.334 e. The number of likely N-dealkylation sites (N-methyl/N-ethyl adjacent to an activating group) is 1. The Morgan fingerprint density at radius 2 is 2.28 bits per heavy atom. The monoisotopic (exact) mass is 247 g/mol. The van der Waals surface area contributed by atoms with Gasteiger partial charge in [0.2, 0.25) is 0 Å². The molecule has 0 amide bonds. The van der Waals surface area contributed by atoms with Crippen LogP contribution in [-0.4, -0.2) is 36.7 Å². The van der Waals surface area contributed by atoms with Crippen LogP contribution in [-0.2, 0) is 14.3 Å². The summed E-state index contributed by atoms with van der Waals surface area (Å²) >= 11 is 0. The number of carbonyl (C=O) groups is 1.